The molecule has 2 amide bonds. The molecule has 22 heavy (non-hydrogen) atoms. The van der Waals surface area contributed by atoms with Gasteiger partial charge in [-0.15, -0.1) is 0 Å². The highest BCUT2D eigenvalue weighted by molar-refractivity contribution is 6.31. The summed E-state index contributed by atoms with van der Waals surface area (Å²) in [6.07, 6.45) is 4.40. The van der Waals surface area contributed by atoms with E-state index in [4.69, 9.17) is 16.3 Å². The van der Waals surface area contributed by atoms with E-state index < -0.39 is 0 Å². The summed E-state index contributed by atoms with van der Waals surface area (Å²) in [5, 5.41) is 0.518. The molecule has 3 rings (SSSR count). The van der Waals surface area contributed by atoms with Gasteiger partial charge in [-0.3, -0.25) is 14.5 Å². The Hall–Kier alpha value is -1.75. The van der Waals surface area contributed by atoms with Crippen LogP contribution in [-0.4, -0.2) is 43.0 Å². The number of carbonyl (C=O) groups is 2. The van der Waals surface area contributed by atoms with Gasteiger partial charge in [-0.1, -0.05) is 24.4 Å². The Kier molecular flexibility index (Phi) is 4.52. The Morgan fingerprint density at radius 2 is 1.91 bits per heavy atom. The molecule has 2 aliphatic heterocycles. The van der Waals surface area contributed by atoms with Gasteiger partial charge in [-0.2, -0.15) is 0 Å². The van der Waals surface area contributed by atoms with Gasteiger partial charge < -0.3 is 9.64 Å². The first-order chi connectivity index (χ1) is 10.6. The van der Waals surface area contributed by atoms with Crippen molar-refractivity contribution in [2.24, 2.45) is 0 Å². The van der Waals surface area contributed by atoms with E-state index in [1.54, 1.807) is 18.2 Å². The monoisotopic (exact) mass is 322 g/mol. The topological polar surface area (TPSA) is 49.9 Å². The SMILES string of the molecule is O=C(CN1C(=O)COc2ccc(Cl)cc21)N1CCCCCC1. The van der Waals surface area contributed by atoms with Crippen molar-refractivity contribution < 1.29 is 14.3 Å². The van der Waals surface area contributed by atoms with E-state index in [0.717, 1.165) is 25.9 Å². The number of hydrogen-bond donors (Lipinski definition) is 0. The van der Waals surface area contributed by atoms with Crippen molar-refractivity contribution in [3.63, 3.8) is 0 Å². The van der Waals surface area contributed by atoms with Gasteiger partial charge >= 0.3 is 0 Å². The van der Waals surface area contributed by atoms with Crippen LogP contribution >= 0.6 is 11.6 Å². The fraction of sp³-hybridized carbons (Fsp3) is 0.500. The third-order valence-electron chi connectivity index (χ3n) is 4.12. The van der Waals surface area contributed by atoms with Crippen molar-refractivity contribution >= 4 is 29.1 Å². The lowest BCUT2D eigenvalue weighted by Gasteiger charge is -2.31. The molecule has 6 heteroatoms. The number of likely N-dealkylation sites (tertiary alicyclic amines) is 1. The van der Waals surface area contributed by atoms with Gasteiger partial charge in [0, 0.05) is 18.1 Å². The molecule has 0 atom stereocenters. The largest absolute Gasteiger partial charge is 0.482 e. The molecular weight excluding hydrogens is 304 g/mol. The maximum absolute atomic E-state index is 12.5. The fourth-order valence-electron chi connectivity index (χ4n) is 2.90. The highest BCUT2D eigenvalue weighted by Gasteiger charge is 2.29. The zero-order valence-electron chi connectivity index (χ0n) is 12.4. The van der Waals surface area contributed by atoms with Crippen LogP contribution < -0.4 is 9.64 Å². The van der Waals surface area contributed by atoms with E-state index >= 15 is 0 Å². The second-order valence-corrected chi connectivity index (χ2v) is 6.11. The van der Waals surface area contributed by atoms with Gasteiger partial charge in [0.1, 0.15) is 12.3 Å². The molecular formula is C16H19ClN2O3. The van der Waals surface area contributed by atoms with E-state index in [1.807, 2.05) is 4.90 Å². The number of carbonyl (C=O) groups excluding carboxylic acids is 2. The predicted octanol–water partition coefficient (Wildman–Crippen LogP) is 2.47. The zero-order valence-corrected chi connectivity index (χ0v) is 13.1. The van der Waals surface area contributed by atoms with E-state index in [9.17, 15) is 9.59 Å². The van der Waals surface area contributed by atoms with Crippen LogP contribution in [0, 0.1) is 0 Å². The molecule has 2 aliphatic rings. The molecule has 0 unspecified atom stereocenters. The van der Waals surface area contributed by atoms with Crippen molar-refractivity contribution in [3.8, 4) is 5.75 Å². The van der Waals surface area contributed by atoms with Crippen LogP contribution in [0.4, 0.5) is 5.69 Å². The predicted molar refractivity (Wildman–Crippen MR) is 84.3 cm³/mol. The molecule has 1 aromatic carbocycles. The van der Waals surface area contributed by atoms with Gasteiger partial charge in [0.05, 0.1) is 5.69 Å². The summed E-state index contributed by atoms with van der Waals surface area (Å²) in [6.45, 7) is 1.57. The van der Waals surface area contributed by atoms with Gasteiger partial charge in [0.15, 0.2) is 6.61 Å². The smallest absolute Gasteiger partial charge is 0.265 e. The van der Waals surface area contributed by atoms with Crippen LogP contribution in [0.2, 0.25) is 5.02 Å². The van der Waals surface area contributed by atoms with Crippen molar-refractivity contribution in [3.05, 3.63) is 23.2 Å². The molecule has 0 saturated carbocycles. The molecule has 1 aromatic rings. The second kappa shape index (κ2) is 6.57. The third-order valence-corrected chi connectivity index (χ3v) is 4.35. The minimum absolute atomic E-state index is 0.0110. The molecule has 0 N–H and O–H groups in total. The maximum Gasteiger partial charge on any atom is 0.265 e. The maximum atomic E-state index is 12.5. The van der Waals surface area contributed by atoms with Crippen LogP contribution in [0.5, 0.6) is 5.75 Å². The Balaban J connectivity index is 1.77. The number of fused-ring (bicyclic) bond motifs is 1. The van der Waals surface area contributed by atoms with Crippen LogP contribution in [0.1, 0.15) is 25.7 Å². The standard InChI is InChI=1S/C16H19ClN2O3/c17-12-5-6-14-13(9-12)19(16(21)11-22-14)10-15(20)18-7-3-1-2-4-8-18/h5-6,9H,1-4,7-8,10-11H2. The first-order valence-electron chi connectivity index (χ1n) is 7.65. The molecule has 5 nitrogen and oxygen atoms in total. The van der Waals surface area contributed by atoms with Crippen molar-refractivity contribution in [2.75, 3.05) is 31.1 Å². The normalized spacial score (nSPS) is 18.5. The average Bonchev–Trinajstić information content (AvgIpc) is 2.79. The Labute approximate surface area is 134 Å². The summed E-state index contributed by atoms with van der Waals surface area (Å²) in [5.41, 5.74) is 0.576. The van der Waals surface area contributed by atoms with Crippen LogP contribution in [0.15, 0.2) is 18.2 Å². The number of amides is 2. The van der Waals surface area contributed by atoms with Crippen molar-refractivity contribution in [2.45, 2.75) is 25.7 Å². The molecule has 2 heterocycles. The van der Waals surface area contributed by atoms with Crippen LogP contribution in [0.25, 0.3) is 0 Å². The summed E-state index contributed by atoms with van der Waals surface area (Å²) in [7, 11) is 0. The highest BCUT2D eigenvalue weighted by atomic mass is 35.5. The van der Waals surface area contributed by atoms with Gasteiger partial charge in [-0.25, -0.2) is 0 Å². The number of anilines is 1. The van der Waals surface area contributed by atoms with E-state index in [-0.39, 0.29) is 25.0 Å². The average molecular weight is 323 g/mol. The molecule has 1 fully saturated rings. The number of halogens is 1. The third kappa shape index (κ3) is 3.19. The molecule has 0 aromatic heterocycles. The summed E-state index contributed by atoms with van der Waals surface area (Å²) < 4.78 is 5.39. The molecule has 1 saturated heterocycles. The Bertz CT molecular complexity index is 583. The van der Waals surface area contributed by atoms with E-state index in [2.05, 4.69) is 0 Å². The molecule has 0 radical (unpaired) electrons. The van der Waals surface area contributed by atoms with Crippen molar-refractivity contribution in [1.29, 1.82) is 0 Å². The van der Waals surface area contributed by atoms with Gasteiger partial charge in [0.25, 0.3) is 5.91 Å². The zero-order chi connectivity index (χ0) is 15.5. The van der Waals surface area contributed by atoms with Gasteiger partial charge in [-0.05, 0) is 31.0 Å². The number of benzene rings is 1. The van der Waals surface area contributed by atoms with Gasteiger partial charge in [0.2, 0.25) is 5.91 Å². The Morgan fingerprint density at radius 3 is 2.64 bits per heavy atom. The number of hydrogen-bond acceptors (Lipinski definition) is 3. The van der Waals surface area contributed by atoms with Crippen LogP contribution in [-0.2, 0) is 9.59 Å². The first kappa shape index (κ1) is 15.2. The lowest BCUT2D eigenvalue weighted by Crippen LogP contribution is -2.46. The number of nitrogens with zero attached hydrogens (tertiary/aromatic N) is 2. The molecule has 118 valence electrons. The minimum atomic E-state index is -0.210. The van der Waals surface area contributed by atoms with E-state index in [0.29, 0.717) is 16.5 Å². The fourth-order valence-corrected chi connectivity index (χ4v) is 3.07. The summed E-state index contributed by atoms with van der Waals surface area (Å²) in [6, 6.07) is 5.11. The summed E-state index contributed by atoms with van der Waals surface area (Å²) in [5.74, 6) is 0.369. The lowest BCUT2D eigenvalue weighted by molar-refractivity contribution is -0.132. The summed E-state index contributed by atoms with van der Waals surface area (Å²) in [4.78, 5) is 28.0. The number of ether oxygens (including phenoxy) is 1. The van der Waals surface area contributed by atoms with E-state index in [1.165, 1.54) is 17.7 Å². The highest BCUT2D eigenvalue weighted by Crippen LogP contribution is 2.34. The number of rotatable bonds is 2. The molecule has 0 aliphatic carbocycles. The Morgan fingerprint density at radius 1 is 1.18 bits per heavy atom. The van der Waals surface area contributed by atoms with Crippen LogP contribution in [0.3, 0.4) is 0 Å². The summed E-state index contributed by atoms with van der Waals surface area (Å²) >= 11 is 6.01. The second-order valence-electron chi connectivity index (χ2n) is 5.68. The first-order valence-corrected chi connectivity index (χ1v) is 8.03. The quantitative estimate of drug-likeness (QED) is 0.840. The molecule has 0 bridgehead atoms. The molecule has 0 spiro atoms. The lowest BCUT2D eigenvalue weighted by atomic mass is 10.2. The van der Waals surface area contributed by atoms with Crippen molar-refractivity contribution in [1.82, 2.24) is 4.90 Å². The minimum Gasteiger partial charge on any atom is -0.482 e.